The summed E-state index contributed by atoms with van der Waals surface area (Å²) in [6.45, 7) is 8.63. The number of aliphatic carboxylic acids is 1. The Bertz CT molecular complexity index is 350. The molecule has 0 saturated carbocycles. The van der Waals surface area contributed by atoms with Crippen LogP contribution in [0.4, 0.5) is 0 Å². The predicted octanol–water partition coefficient (Wildman–Crippen LogP) is 1.74. The Morgan fingerprint density at radius 2 is 1.43 bits per heavy atom. The summed E-state index contributed by atoms with van der Waals surface area (Å²) < 4.78 is 0. The lowest BCUT2D eigenvalue weighted by molar-refractivity contribution is -0.146. The van der Waals surface area contributed by atoms with Gasteiger partial charge < -0.3 is 14.9 Å². The normalized spacial score (nSPS) is 10.5. The highest BCUT2D eigenvalue weighted by molar-refractivity contribution is 5.86. The van der Waals surface area contributed by atoms with Crippen LogP contribution in [0, 0.1) is 0 Å². The van der Waals surface area contributed by atoms with Gasteiger partial charge in [0.25, 0.3) is 0 Å². The molecule has 0 aromatic heterocycles. The third kappa shape index (κ3) is 7.68. The number of nitrogens with zero attached hydrogens (tertiary/aromatic N) is 2. The summed E-state index contributed by atoms with van der Waals surface area (Å²) in [4.78, 5) is 38.0. The molecule has 0 rings (SSSR count). The van der Waals surface area contributed by atoms with Gasteiger partial charge >= 0.3 is 5.97 Å². The van der Waals surface area contributed by atoms with Crippen LogP contribution in [0.1, 0.15) is 53.4 Å². The lowest BCUT2D eigenvalue weighted by atomic mass is 10.2. The molecule has 0 unspecified atom stereocenters. The van der Waals surface area contributed by atoms with Crippen molar-refractivity contribution in [3.8, 4) is 0 Å². The van der Waals surface area contributed by atoms with E-state index in [-0.39, 0.29) is 37.2 Å². The van der Waals surface area contributed by atoms with Crippen LogP contribution in [-0.2, 0) is 14.4 Å². The number of hydrogen-bond acceptors (Lipinski definition) is 3. The van der Waals surface area contributed by atoms with E-state index in [0.29, 0.717) is 13.1 Å². The molecular formula is C15H28N2O4. The van der Waals surface area contributed by atoms with Gasteiger partial charge in [-0.3, -0.25) is 14.4 Å². The first-order valence-corrected chi connectivity index (χ1v) is 7.62. The van der Waals surface area contributed by atoms with Crippen LogP contribution in [-0.4, -0.2) is 58.4 Å². The number of amides is 2. The van der Waals surface area contributed by atoms with E-state index in [1.165, 1.54) is 4.90 Å². The third-order valence-electron chi connectivity index (χ3n) is 3.14. The van der Waals surface area contributed by atoms with Crippen molar-refractivity contribution in [3.05, 3.63) is 0 Å². The Hall–Kier alpha value is -1.59. The molecule has 0 aliphatic heterocycles. The van der Waals surface area contributed by atoms with Gasteiger partial charge in [-0.05, 0) is 26.7 Å². The van der Waals surface area contributed by atoms with E-state index < -0.39 is 5.97 Å². The lowest BCUT2D eigenvalue weighted by Crippen LogP contribution is -2.41. The van der Waals surface area contributed by atoms with Crippen LogP contribution < -0.4 is 0 Å². The summed E-state index contributed by atoms with van der Waals surface area (Å²) >= 11 is 0. The van der Waals surface area contributed by atoms with Crippen molar-refractivity contribution in [3.63, 3.8) is 0 Å². The number of carboxylic acid groups (broad SMARTS) is 1. The first-order chi connectivity index (χ1) is 9.83. The average Bonchev–Trinajstić information content (AvgIpc) is 2.41. The molecule has 6 nitrogen and oxygen atoms in total. The highest BCUT2D eigenvalue weighted by Gasteiger charge is 2.21. The maximum Gasteiger partial charge on any atom is 0.323 e. The molecule has 122 valence electrons. The van der Waals surface area contributed by atoms with Crippen molar-refractivity contribution in [2.75, 3.05) is 19.6 Å². The minimum Gasteiger partial charge on any atom is -0.480 e. The van der Waals surface area contributed by atoms with E-state index >= 15 is 0 Å². The molecule has 0 spiro atoms. The van der Waals surface area contributed by atoms with Crippen LogP contribution in [0.15, 0.2) is 0 Å². The molecule has 6 heteroatoms. The molecule has 0 saturated heterocycles. The lowest BCUT2D eigenvalue weighted by Gasteiger charge is -2.26. The molecule has 0 heterocycles. The fraction of sp³-hybridized carbons (Fsp3) is 0.800. The molecule has 0 aliphatic rings. The smallest absolute Gasteiger partial charge is 0.323 e. The van der Waals surface area contributed by atoms with Crippen molar-refractivity contribution in [1.82, 2.24) is 9.80 Å². The molecule has 0 bridgehead atoms. The molecule has 2 amide bonds. The van der Waals surface area contributed by atoms with Gasteiger partial charge in [0.2, 0.25) is 11.8 Å². The molecule has 0 aromatic carbocycles. The van der Waals surface area contributed by atoms with Crippen LogP contribution in [0.2, 0.25) is 0 Å². The van der Waals surface area contributed by atoms with E-state index in [0.717, 1.165) is 12.8 Å². The first-order valence-electron chi connectivity index (χ1n) is 7.62. The second-order valence-corrected chi connectivity index (χ2v) is 5.39. The molecular weight excluding hydrogens is 272 g/mol. The van der Waals surface area contributed by atoms with Gasteiger partial charge in [0, 0.05) is 32.0 Å². The van der Waals surface area contributed by atoms with Crippen LogP contribution in [0.25, 0.3) is 0 Å². The van der Waals surface area contributed by atoms with Gasteiger partial charge in [-0.25, -0.2) is 0 Å². The van der Waals surface area contributed by atoms with Crippen LogP contribution in [0.3, 0.4) is 0 Å². The first kappa shape index (κ1) is 19.4. The zero-order valence-electron chi connectivity index (χ0n) is 13.6. The summed E-state index contributed by atoms with van der Waals surface area (Å²) in [5.41, 5.74) is 0. The average molecular weight is 300 g/mol. The Kier molecular flexibility index (Phi) is 9.41. The molecule has 0 aromatic rings. The van der Waals surface area contributed by atoms with Gasteiger partial charge in [0.1, 0.15) is 6.54 Å². The molecule has 0 fully saturated rings. The maximum atomic E-state index is 12.1. The summed E-state index contributed by atoms with van der Waals surface area (Å²) in [6.07, 6.45) is 1.98. The van der Waals surface area contributed by atoms with E-state index in [2.05, 4.69) is 0 Å². The second-order valence-electron chi connectivity index (χ2n) is 5.39. The Balaban J connectivity index is 4.48. The number of carbonyl (C=O) groups is 3. The molecule has 0 radical (unpaired) electrons. The Labute approximate surface area is 127 Å². The zero-order valence-corrected chi connectivity index (χ0v) is 13.6. The van der Waals surface area contributed by atoms with Gasteiger partial charge in [0.05, 0.1) is 0 Å². The zero-order chi connectivity index (χ0) is 16.4. The minimum atomic E-state index is -1.04. The number of carboxylic acids is 1. The topological polar surface area (TPSA) is 77.9 Å². The highest BCUT2D eigenvalue weighted by Crippen LogP contribution is 2.07. The SMILES string of the molecule is CCCN(CCC)C(=O)CCC(=O)N(CC(=O)O)C(C)C. The van der Waals surface area contributed by atoms with Crippen molar-refractivity contribution in [1.29, 1.82) is 0 Å². The largest absolute Gasteiger partial charge is 0.480 e. The van der Waals surface area contributed by atoms with Crippen molar-refractivity contribution in [2.45, 2.75) is 59.4 Å². The van der Waals surface area contributed by atoms with Gasteiger partial charge in [-0.15, -0.1) is 0 Å². The number of carbonyl (C=O) groups excluding carboxylic acids is 2. The fourth-order valence-corrected chi connectivity index (χ4v) is 2.12. The monoisotopic (exact) mass is 300 g/mol. The van der Waals surface area contributed by atoms with Crippen molar-refractivity contribution in [2.24, 2.45) is 0 Å². The Morgan fingerprint density at radius 1 is 0.952 bits per heavy atom. The van der Waals surface area contributed by atoms with E-state index in [1.807, 2.05) is 13.8 Å². The van der Waals surface area contributed by atoms with Gasteiger partial charge in [0.15, 0.2) is 0 Å². The molecule has 0 aliphatic carbocycles. The molecule has 21 heavy (non-hydrogen) atoms. The standard InChI is InChI=1S/C15H28N2O4/c1-5-9-16(10-6-2)13(18)7-8-14(19)17(12(3)4)11-15(20)21/h12H,5-11H2,1-4H3,(H,20,21). The second kappa shape index (κ2) is 10.2. The quantitative estimate of drug-likeness (QED) is 0.666. The number of rotatable bonds is 10. The van der Waals surface area contributed by atoms with E-state index in [1.54, 1.807) is 18.7 Å². The summed E-state index contributed by atoms with van der Waals surface area (Å²) in [6, 6.07) is -0.189. The predicted molar refractivity (Wildman–Crippen MR) is 80.9 cm³/mol. The summed E-state index contributed by atoms with van der Waals surface area (Å²) in [7, 11) is 0. The fourth-order valence-electron chi connectivity index (χ4n) is 2.12. The van der Waals surface area contributed by atoms with Gasteiger partial charge in [-0.2, -0.15) is 0 Å². The van der Waals surface area contributed by atoms with Crippen LogP contribution in [0.5, 0.6) is 0 Å². The third-order valence-corrected chi connectivity index (χ3v) is 3.14. The van der Waals surface area contributed by atoms with E-state index in [9.17, 15) is 14.4 Å². The van der Waals surface area contributed by atoms with Crippen LogP contribution >= 0.6 is 0 Å². The highest BCUT2D eigenvalue weighted by atomic mass is 16.4. The number of hydrogen-bond donors (Lipinski definition) is 1. The maximum absolute atomic E-state index is 12.1. The molecule has 0 atom stereocenters. The van der Waals surface area contributed by atoms with Gasteiger partial charge in [-0.1, -0.05) is 13.8 Å². The van der Waals surface area contributed by atoms with Crippen molar-refractivity contribution >= 4 is 17.8 Å². The van der Waals surface area contributed by atoms with E-state index in [4.69, 9.17) is 5.11 Å². The molecule has 1 N–H and O–H groups in total. The Morgan fingerprint density at radius 3 is 1.81 bits per heavy atom. The minimum absolute atomic E-state index is 0.0360. The summed E-state index contributed by atoms with van der Waals surface area (Å²) in [5.74, 6) is -1.36. The van der Waals surface area contributed by atoms with Crippen molar-refractivity contribution < 1.29 is 19.5 Å². The summed E-state index contributed by atoms with van der Waals surface area (Å²) in [5, 5.41) is 8.82.